The van der Waals surface area contributed by atoms with Crippen molar-refractivity contribution in [1.29, 1.82) is 0 Å². The molecule has 3 aromatic rings. The highest BCUT2D eigenvalue weighted by Crippen LogP contribution is 2.32. The smallest absolute Gasteiger partial charge is 0.191 e. The van der Waals surface area contributed by atoms with Crippen LogP contribution in [0.4, 0.5) is 0 Å². The number of thioether (sulfide) groups is 1. The van der Waals surface area contributed by atoms with Gasteiger partial charge >= 0.3 is 0 Å². The van der Waals surface area contributed by atoms with Gasteiger partial charge in [-0.3, -0.25) is 0 Å². The minimum Gasteiger partial charge on any atom is -0.302 e. The monoisotopic (exact) mass is 343 g/mol. The van der Waals surface area contributed by atoms with E-state index < -0.39 is 0 Å². The van der Waals surface area contributed by atoms with Crippen molar-refractivity contribution in [2.24, 2.45) is 0 Å². The molecular weight excluding hydrogens is 322 g/mol. The number of hydrogen-bond donors (Lipinski definition) is 0. The SMILES string of the molecule is CCn1c(SCc2ccc(C)cc2)nnc1-c1csc(C)c1C. The average molecular weight is 344 g/mol. The van der Waals surface area contributed by atoms with E-state index in [0.717, 1.165) is 23.3 Å². The van der Waals surface area contributed by atoms with Crippen molar-refractivity contribution in [3.8, 4) is 11.4 Å². The highest BCUT2D eigenvalue weighted by molar-refractivity contribution is 7.98. The van der Waals surface area contributed by atoms with Gasteiger partial charge in [0.2, 0.25) is 0 Å². The number of thiophene rings is 1. The third-order valence-corrected chi connectivity index (χ3v) is 6.10. The Kier molecular flexibility index (Phi) is 4.87. The Morgan fingerprint density at radius 2 is 1.83 bits per heavy atom. The van der Waals surface area contributed by atoms with Gasteiger partial charge in [-0.25, -0.2) is 0 Å². The molecule has 0 saturated heterocycles. The van der Waals surface area contributed by atoms with Gasteiger partial charge in [0.1, 0.15) is 0 Å². The normalized spacial score (nSPS) is 11.1. The summed E-state index contributed by atoms with van der Waals surface area (Å²) >= 11 is 3.53. The molecule has 0 fully saturated rings. The van der Waals surface area contributed by atoms with Crippen LogP contribution in [-0.4, -0.2) is 14.8 Å². The Hall–Kier alpha value is -1.59. The van der Waals surface area contributed by atoms with Gasteiger partial charge in [-0.2, -0.15) is 0 Å². The van der Waals surface area contributed by atoms with Crippen LogP contribution in [0.15, 0.2) is 34.8 Å². The molecule has 0 aliphatic rings. The lowest BCUT2D eigenvalue weighted by Crippen LogP contribution is -2.00. The highest BCUT2D eigenvalue weighted by atomic mass is 32.2. The number of aromatic nitrogens is 3. The highest BCUT2D eigenvalue weighted by Gasteiger charge is 2.16. The third kappa shape index (κ3) is 3.35. The summed E-state index contributed by atoms with van der Waals surface area (Å²) in [5, 5.41) is 12.1. The van der Waals surface area contributed by atoms with E-state index >= 15 is 0 Å². The molecule has 0 bridgehead atoms. The number of rotatable bonds is 5. The van der Waals surface area contributed by atoms with Crippen LogP contribution in [0.5, 0.6) is 0 Å². The lowest BCUT2D eigenvalue weighted by molar-refractivity contribution is 0.687. The Balaban J connectivity index is 1.83. The Labute approximate surface area is 145 Å². The molecule has 0 saturated carbocycles. The largest absolute Gasteiger partial charge is 0.302 e. The first kappa shape index (κ1) is 16.3. The van der Waals surface area contributed by atoms with Crippen molar-refractivity contribution < 1.29 is 0 Å². The van der Waals surface area contributed by atoms with Crippen molar-refractivity contribution in [2.75, 3.05) is 0 Å². The first-order valence-corrected chi connectivity index (χ1v) is 9.63. The topological polar surface area (TPSA) is 30.7 Å². The minimum absolute atomic E-state index is 0.882. The molecule has 0 unspecified atom stereocenters. The van der Waals surface area contributed by atoms with Crippen molar-refractivity contribution in [2.45, 2.75) is 45.1 Å². The van der Waals surface area contributed by atoms with E-state index in [1.54, 1.807) is 23.1 Å². The fourth-order valence-electron chi connectivity index (χ4n) is 2.45. The molecule has 0 amide bonds. The van der Waals surface area contributed by atoms with Crippen molar-refractivity contribution in [1.82, 2.24) is 14.8 Å². The second-order valence-corrected chi connectivity index (χ2v) is 7.68. The molecule has 5 heteroatoms. The summed E-state index contributed by atoms with van der Waals surface area (Å²) in [6.45, 7) is 9.46. The quantitative estimate of drug-likeness (QED) is 0.593. The van der Waals surface area contributed by atoms with Crippen molar-refractivity contribution in [3.63, 3.8) is 0 Å². The fraction of sp³-hybridized carbons (Fsp3) is 0.333. The third-order valence-electron chi connectivity index (χ3n) is 4.05. The Morgan fingerprint density at radius 3 is 2.43 bits per heavy atom. The second kappa shape index (κ2) is 6.89. The Bertz CT molecular complexity index is 800. The van der Waals surface area contributed by atoms with Gasteiger partial charge in [0.05, 0.1) is 0 Å². The number of benzene rings is 1. The maximum Gasteiger partial charge on any atom is 0.191 e. The van der Waals surface area contributed by atoms with Crippen molar-refractivity contribution >= 4 is 23.1 Å². The number of hydrogen-bond acceptors (Lipinski definition) is 4. The van der Waals surface area contributed by atoms with E-state index in [1.165, 1.54) is 27.1 Å². The number of nitrogens with zero attached hydrogens (tertiary/aromatic N) is 3. The van der Waals surface area contributed by atoms with E-state index in [1.807, 2.05) is 0 Å². The molecule has 2 aromatic heterocycles. The fourth-order valence-corrected chi connectivity index (χ4v) is 4.27. The first-order chi connectivity index (χ1) is 11.1. The molecule has 120 valence electrons. The molecule has 0 aliphatic carbocycles. The molecular formula is C18H21N3S2. The molecule has 23 heavy (non-hydrogen) atoms. The maximum absolute atomic E-state index is 4.46. The van der Waals surface area contributed by atoms with Crippen LogP contribution in [0, 0.1) is 20.8 Å². The zero-order chi connectivity index (χ0) is 16.4. The average Bonchev–Trinajstić information content (AvgIpc) is 3.10. The van der Waals surface area contributed by atoms with Gasteiger partial charge < -0.3 is 4.57 Å². The molecule has 0 atom stereocenters. The Morgan fingerprint density at radius 1 is 1.09 bits per heavy atom. The minimum atomic E-state index is 0.882. The summed E-state index contributed by atoms with van der Waals surface area (Å²) in [6.07, 6.45) is 0. The van der Waals surface area contributed by atoms with Crippen molar-refractivity contribution in [3.05, 3.63) is 51.2 Å². The van der Waals surface area contributed by atoms with E-state index in [4.69, 9.17) is 0 Å². The molecule has 3 nitrogen and oxygen atoms in total. The molecule has 2 heterocycles. The van der Waals surface area contributed by atoms with Gasteiger partial charge in [0.25, 0.3) is 0 Å². The molecule has 3 rings (SSSR count). The summed E-state index contributed by atoms with van der Waals surface area (Å²) in [5.41, 5.74) is 5.13. The summed E-state index contributed by atoms with van der Waals surface area (Å²) in [4.78, 5) is 1.35. The van der Waals surface area contributed by atoms with Crippen LogP contribution in [0.1, 0.15) is 28.5 Å². The van der Waals surface area contributed by atoms with Crippen LogP contribution in [-0.2, 0) is 12.3 Å². The predicted molar refractivity (Wildman–Crippen MR) is 99.2 cm³/mol. The van der Waals surface area contributed by atoms with Gasteiger partial charge in [-0.05, 0) is 38.8 Å². The van der Waals surface area contributed by atoms with E-state index in [-0.39, 0.29) is 0 Å². The van der Waals surface area contributed by atoms with Gasteiger partial charge in [0, 0.05) is 28.1 Å². The van der Waals surface area contributed by atoms with Crippen LogP contribution in [0.25, 0.3) is 11.4 Å². The molecule has 1 aromatic carbocycles. The standard InChI is InChI=1S/C18H21N3S2/c1-5-21-17(16-11-22-14(4)13(16)3)19-20-18(21)23-10-15-8-6-12(2)7-9-15/h6-9,11H,5,10H2,1-4H3. The van der Waals surface area contributed by atoms with Crippen LogP contribution >= 0.6 is 23.1 Å². The molecule has 0 aliphatic heterocycles. The van der Waals surface area contributed by atoms with Gasteiger partial charge in [-0.1, -0.05) is 41.6 Å². The molecule has 0 spiro atoms. The van der Waals surface area contributed by atoms with E-state index in [2.05, 4.69) is 72.1 Å². The molecule has 0 radical (unpaired) electrons. The summed E-state index contributed by atoms with van der Waals surface area (Å²) in [7, 11) is 0. The van der Waals surface area contributed by atoms with Crippen LogP contribution in [0.2, 0.25) is 0 Å². The maximum atomic E-state index is 4.46. The lowest BCUT2D eigenvalue weighted by atomic mass is 10.1. The summed E-state index contributed by atoms with van der Waals surface area (Å²) in [6, 6.07) is 8.68. The lowest BCUT2D eigenvalue weighted by Gasteiger charge is -2.07. The zero-order valence-corrected chi connectivity index (χ0v) is 15.6. The molecule has 0 N–H and O–H groups in total. The zero-order valence-electron chi connectivity index (χ0n) is 14.0. The van der Waals surface area contributed by atoms with Crippen LogP contribution in [0.3, 0.4) is 0 Å². The van der Waals surface area contributed by atoms with E-state index in [9.17, 15) is 0 Å². The van der Waals surface area contributed by atoms with Gasteiger partial charge in [0.15, 0.2) is 11.0 Å². The first-order valence-electron chi connectivity index (χ1n) is 7.76. The van der Waals surface area contributed by atoms with E-state index in [0.29, 0.717) is 0 Å². The van der Waals surface area contributed by atoms with Crippen LogP contribution < -0.4 is 0 Å². The van der Waals surface area contributed by atoms with Gasteiger partial charge in [-0.15, -0.1) is 21.5 Å². The number of aryl methyl sites for hydroxylation is 2. The summed E-state index contributed by atoms with van der Waals surface area (Å²) < 4.78 is 2.22. The predicted octanol–water partition coefficient (Wildman–Crippen LogP) is 5.24. The summed E-state index contributed by atoms with van der Waals surface area (Å²) in [5.74, 6) is 1.90. The second-order valence-electron chi connectivity index (χ2n) is 5.66.